The third-order valence-corrected chi connectivity index (χ3v) is 1.40. The van der Waals surface area contributed by atoms with Crippen LogP contribution in [0.5, 0.6) is 0 Å². The lowest BCUT2D eigenvalue weighted by Crippen LogP contribution is -2.32. The summed E-state index contributed by atoms with van der Waals surface area (Å²) in [6.45, 7) is 0. The van der Waals surface area contributed by atoms with E-state index in [4.69, 9.17) is 11.5 Å². The first-order chi connectivity index (χ1) is 5.18. The van der Waals surface area contributed by atoms with Gasteiger partial charge in [-0.15, -0.1) is 0 Å². The van der Waals surface area contributed by atoms with E-state index in [1.165, 1.54) is 0 Å². The van der Waals surface area contributed by atoms with E-state index in [-0.39, 0.29) is 6.04 Å². The summed E-state index contributed by atoms with van der Waals surface area (Å²) in [6, 6.07) is -0.555. The molecule has 0 saturated heterocycles. The number of urea groups is 1. The summed E-state index contributed by atoms with van der Waals surface area (Å²) in [7, 11) is 0. The lowest BCUT2D eigenvalue weighted by atomic mass is 10.1. The number of primary amides is 1. The number of allylic oxidation sites excluding steroid dienone is 2. The van der Waals surface area contributed by atoms with Crippen molar-refractivity contribution in [1.82, 2.24) is 5.32 Å². The Morgan fingerprint density at radius 3 is 3.00 bits per heavy atom. The number of carbonyl (C=O) groups is 1. The number of hydrogen-bond donors (Lipinski definition) is 3. The van der Waals surface area contributed by atoms with Crippen molar-refractivity contribution in [3.8, 4) is 0 Å². The molecular formula is C7H11N3O. The fraction of sp³-hybridized carbons (Fsp3) is 0.286. The molecule has 0 aromatic rings. The minimum absolute atomic E-state index is 0.0122. The highest BCUT2D eigenvalue weighted by Gasteiger charge is 2.07. The Morgan fingerprint density at radius 1 is 1.73 bits per heavy atom. The molecule has 0 aromatic carbocycles. The largest absolute Gasteiger partial charge is 0.351 e. The van der Waals surface area contributed by atoms with Gasteiger partial charge in [0.25, 0.3) is 0 Å². The van der Waals surface area contributed by atoms with E-state index in [0.29, 0.717) is 6.42 Å². The Balaban J connectivity index is 2.52. The maximum absolute atomic E-state index is 10.4. The normalized spacial score (nSPS) is 22.6. The molecule has 11 heavy (non-hydrogen) atoms. The van der Waals surface area contributed by atoms with Gasteiger partial charge in [-0.1, -0.05) is 12.2 Å². The zero-order valence-corrected chi connectivity index (χ0v) is 6.08. The second-order valence-corrected chi connectivity index (χ2v) is 2.43. The number of hydrogen-bond acceptors (Lipinski definition) is 2. The van der Waals surface area contributed by atoms with Crippen LogP contribution in [0.4, 0.5) is 4.79 Å². The third kappa shape index (κ3) is 2.43. The molecular weight excluding hydrogens is 142 g/mol. The second-order valence-electron chi connectivity index (χ2n) is 2.43. The molecule has 60 valence electrons. The summed E-state index contributed by atoms with van der Waals surface area (Å²) in [5, 5.41) is 2.48. The van der Waals surface area contributed by atoms with Crippen LogP contribution >= 0.6 is 0 Å². The summed E-state index contributed by atoms with van der Waals surface area (Å²) in [5.74, 6) is 0. The van der Waals surface area contributed by atoms with Crippen LogP contribution in [0.1, 0.15) is 6.42 Å². The van der Waals surface area contributed by atoms with Gasteiger partial charge in [0, 0.05) is 18.2 Å². The van der Waals surface area contributed by atoms with Crippen molar-refractivity contribution in [2.24, 2.45) is 11.5 Å². The van der Waals surface area contributed by atoms with Crippen LogP contribution in [0.25, 0.3) is 0 Å². The van der Waals surface area contributed by atoms with Crippen molar-refractivity contribution in [3.63, 3.8) is 0 Å². The first-order valence-electron chi connectivity index (χ1n) is 3.38. The van der Waals surface area contributed by atoms with Gasteiger partial charge in [-0.05, 0) is 6.08 Å². The Bertz CT molecular complexity index is 220. The van der Waals surface area contributed by atoms with Gasteiger partial charge in [-0.25, -0.2) is 4.79 Å². The summed E-state index contributed by atoms with van der Waals surface area (Å²) >= 11 is 0. The Kier molecular flexibility index (Phi) is 2.28. The quantitative estimate of drug-likeness (QED) is 0.488. The molecule has 0 saturated carbocycles. The minimum Gasteiger partial charge on any atom is -0.351 e. The van der Waals surface area contributed by atoms with E-state index in [1.807, 2.05) is 6.08 Å². The molecule has 0 aliphatic heterocycles. The highest BCUT2D eigenvalue weighted by molar-refractivity contribution is 5.73. The van der Waals surface area contributed by atoms with Gasteiger partial charge in [0.2, 0.25) is 0 Å². The van der Waals surface area contributed by atoms with E-state index in [2.05, 4.69) is 5.32 Å². The Hall–Kier alpha value is -1.29. The van der Waals surface area contributed by atoms with Crippen molar-refractivity contribution in [2.75, 3.05) is 0 Å². The molecule has 0 heterocycles. The molecule has 0 radical (unpaired) electrons. The number of rotatable bonds is 1. The molecule has 0 aromatic heterocycles. The van der Waals surface area contributed by atoms with Crippen LogP contribution in [0, 0.1) is 0 Å². The SMILES string of the molecule is NC(=O)NC1=CC=CC(N)C1. The van der Waals surface area contributed by atoms with Crippen LogP contribution in [0.2, 0.25) is 0 Å². The predicted octanol–water partition coefficient (Wildman–Crippen LogP) is -0.174. The van der Waals surface area contributed by atoms with Crippen molar-refractivity contribution >= 4 is 6.03 Å². The number of nitrogens with one attached hydrogen (secondary N) is 1. The monoisotopic (exact) mass is 153 g/mol. The average Bonchev–Trinajstić information content (AvgIpc) is 1.85. The van der Waals surface area contributed by atoms with Crippen molar-refractivity contribution < 1.29 is 4.79 Å². The van der Waals surface area contributed by atoms with Gasteiger partial charge in [-0.3, -0.25) is 0 Å². The zero-order chi connectivity index (χ0) is 8.27. The van der Waals surface area contributed by atoms with Crippen LogP contribution in [-0.2, 0) is 0 Å². The standard InChI is InChI=1S/C7H11N3O/c8-5-2-1-3-6(4-5)10-7(9)11/h1-3,5H,4,8H2,(H3,9,10,11). The lowest BCUT2D eigenvalue weighted by Gasteiger charge is -2.13. The maximum atomic E-state index is 10.4. The van der Waals surface area contributed by atoms with Crippen LogP contribution in [0.15, 0.2) is 23.9 Å². The number of amides is 2. The topological polar surface area (TPSA) is 81.1 Å². The van der Waals surface area contributed by atoms with E-state index < -0.39 is 6.03 Å². The summed E-state index contributed by atoms with van der Waals surface area (Å²) in [5.41, 5.74) is 11.3. The molecule has 1 aliphatic rings. The van der Waals surface area contributed by atoms with Crippen molar-refractivity contribution in [3.05, 3.63) is 23.9 Å². The summed E-state index contributed by atoms with van der Waals surface area (Å²) < 4.78 is 0. The molecule has 4 nitrogen and oxygen atoms in total. The van der Waals surface area contributed by atoms with E-state index >= 15 is 0 Å². The molecule has 1 unspecified atom stereocenters. The molecule has 1 atom stereocenters. The predicted molar refractivity (Wildman–Crippen MR) is 42.5 cm³/mol. The zero-order valence-electron chi connectivity index (χ0n) is 6.08. The highest BCUT2D eigenvalue weighted by atomic mass is 16.2. The first-order valence-corrected chi connectivity index (χ1v) is 3.38. The molecule has 0 bridgehead atoms. The number of nitrogens with two attached hydrogens (primary N) is 2. The minimum atomic E-state index is -0.543. The van der Waals surface area contributed by atoms with Gasteiger partial charge >= 0.3 is 6.03 Å². The van der Waals surface area contributed by atoms with E-state index in [1.54, 1.807) is 12.2 Å². The Morgan fingerprint density at radius 2 is 2.45 bits per heavy atom. The van der Waals surface area contributed by atoms with E-state index in [0.717, 1.165) is 5.70 Å². The Labute approximate surface area is 64.9 Å². The fourth-order valence-electron chi connectivity index (χ4n) is 0.955. The summed E-state index contributed by atoms with van der Waals surface area (Å²) in [4.78, 5) is 10.4. The lowest BCUT2D eigenvalue weighted by molar-refractivity contribution is 0.251. The van der Waals surface area contributed by atoms with Crippen LogP contribution in [0.3, 0.4) is 0 Å². The molecule has 4 heteroatoms. The molecule has 0 spiro atoms. The van der Waals surface area contributed by atoms with Gasteiger partial charge in [0.05, 0.1) is 0 Å². The summed E-state index contributed by atoms with van der Waals surface area (Å²) in [6.07, 6.45) is 6.10. The smallest absolute Gasteiger partial charge is 0.316 e. The molecule has 1 aliphatic carbocycles. The molecule has 2 amide bonds. The van der Waals surface area contributed by atoms with Gasteiger partial charge in [0.15, 0.2) is 0 Å². The maximum Gasteiger partial charge on any atom is 0.316 e. The number of carbonyl (C=O) groups excluding carboxylic acids is 1. The second kappa shape index (κ2) is 3.21. The van der Waals surface area contributed by atoms with Crippen molar-refractivity contribution in [1.29, 1.82) is 0 Å². The van der Waals surface area contributed by atoms with Gasteiger partial charge < -0.3 is 16.8 Å². The van der Waals surface area contributed by atoms with Crippen molar-refractivity contribution in [2.45, 2.75) is 12.5 Å². The van der Waals surface area contributed by atoms with Crippen LogP contribution in [-0.4, -0.2) is 12.1 Å². The van der Waals surface area contributed by atoms with E-state index in [9.17, 15) is 4.79 Å². The first kappa shape index (κ1) is 7.81. The highest BCUT2D eigenvalue weighted by Crippen LogP contribution is 2.07. The van der Waals surface area contributed by atoms with Gasteiger partial charge in [0.1, 0.15) is 0 Å². The fourth-order valence-corrected chi connectivity index (χ4v) is 0.955. The van der Waals surface area contributed by atoms with Gasteiger partial charge in [-0.2, -0.15) is 0 Å². The molecule has 5 N–H and O–H groups in total. The van der Waals surface area contributed by atoms with Crippen LogP contribution < -0.4 is 16.8 Å². The average molecular weight is 153 g/mol. The third-order valence-electron chi connectivity index (χ3n) is 1.40. The molecule has 1 rings (SSSR count). The molecule has 0 fully saturated rings.